The number of carbonyl (C=O) groups is 1. The molecule has 1 amide bonds. The SMILES string of the molecule is CCOc1cc2occ(-c3cccc4ccccc34)c2cc1/C(C)=C/C(=O)Nc1cccc(C)n1. The summed E-state index contributed by atoms with van der Waals surface area (Å²) >= 11 is 0. The van der Waals surface area contributed by atoms with Gasteiger partial charge in [0.05, 0.1) is 12.9 Å². The van der Waals surface area contributed by atoms with Crippen LogP contribution in [0.2, 0.25) is 0 Å². The first-order chi connectivity index (χ1) is 17.0. The van der Waals surface area contributed by atoms with Crippen LogP contribution in [0, 0.1) is 6.92 Å². The smallest absolute Gasteiger partial charge is 0.249 e. The number of hydrogen-bond acceptors (Lipinski definition) is 4. The Bertz CT molecular complexity index is 1570. The third kappa shape index (κ3) is 4.53. The van der Waals surface area contributed by atoms with Crippen LogP contribution in [-0.4, -0.2) is 17.5 Å². The van der Waals surface area contributed by atoms with E-state index in [9.17, 15) is 4.79 Å². The van der Waals surface area contributed by atoms with Gasteiger partial charge in [0.25, 0.3) is 0 Å². The van der Waals surface area contributed by atoms with Crippen LogP contribution in [-0.2, 0) is 4.79 Å². The summed E-state index contributed by atoms with van der Waals surface area (Å²) in [6, 6.07) is 24.0. The van der Waals surface area contributed by atoms with Gasteiger partial charge in [-0.2, -0.15) is 0 Å². The largest absolute Gasteiger partial charge is 0.493 e. The molecule has 5 rings (SSSR count). The van der Waals surface area contributed by atoms with Crippen LogP contribution < -0.4 is 10.1 Å². The predicted octanol–water partition coefficient (Wildman–Crippen LogP) is 7.40. The summed E-state index contributed by atoms with van der Waals surface area (Å²) in [7, 11) is 0. The Morgan fingerprint density at radius 3 is 2.63 bits per heavy atom. The van der Waals surface area contributed by atoms with Crippen LogP contribution in [0.1, 0.15) is 25.1 Å². The van der Waals surface area contributed by atoms with Gasteiger partial charge < -0.3 is 14.5 Å². The van der Waals surface area contributed by atoms with E-state index < -0.39 is 0 Å². The Balaban J connectivity index is 1.58. The first-order valence-electron chi connectivity index (χ1n) is 11.6. The molecule has 0 atom stereocenters. The van der Waals surface area contributed by atoms with Crippen LogP contribution in [0.3, 0.4) is 0 Å². The molecule has 3 aromatic carbocycles. The highest BCUT2D eigenvalue weighted by Gasteiger charge is 2.16. The predicted molar refractivity (Wildman–Crippen MR) is 142 cm³/mol. The van der Waals surface area contributed by atoms with Gasteiger partial charge in [0, 0.05) is 34.3 Å². The maximum Gasteiger partial charge on any atom is 0.249 e. The number of benzene rings is 3. The minimum absolute atomic E-state index is 0.246. The fourth-order valence-electron chi connectivity index (χ4n) is 4.36. The molecule has 0 aliphatic heterocycles. The maximum absolute atomic E-state index is 12.7. The quantitative estimate of drug-likeness (QED) is 0.267. The maximum atomic E-state index is 12.7. The van der Waals surface area contributed by atoms with E-state index in [1.807, 2.05) is 57.2 Å². The fraction of sp³-hybridized carbons (Fsp3) is 0.133. The van der Waals surface area contributed by atoms with E-state index in [-0.39, 0.29) is 5.91 Å². The molecule has 0 unspecified atom stereocenters. The minimum atomic E-state index is -0.246. The topological polar surface area (TPSA) is 64.4 Å². The summed E-state index contributed by atoms with van der Waals surface area (Å²) in [4.78, 5) is 17.1. The zero-order valence-electron chi connectivity index (χ0n) is 20.0. The van der Waals surface area contributed by atoms with Crippen molar-refractivity contribution in [2.75, 3.05) is 11.9 Å². The van der Waals surface area contributed by atoms with Gasteiger partial charge in [-0.05, 0) is 60.9 Å². The highest BCUT2D eigenvalue weighted by Crippen LogP contribution is 2.39. The second-order valence-electron chi connectivity index (χ2n) is 8.43. The number of ether oxygens (including phenoxy) is 1. The minimum Gasteiger partial charge on any atom is -0.493 e. The molecule has 2 aromatic heterocycles. The van der Waals surface area contributed by atoms with E-state index in [4.69, 9.17) is 9.15 Å². The Labute approximate surface area is 204 Å². The molecule has 5 aromatic rings. The van der Waals surface area contributed by atoms with E-state index >= 15 is 0 Å². The monoisotopic (exact) mass is 462 g/mol. The van der Waals surface area contributed by atoms with Gasteiger partial charge in [-0.1, -0.05) is 48.5 Å². The van der Waals surface area contributed by atoms with Crippen molar-refractivity contribution in [3.05, 3.63) is 96.4 Å². The van der Waals surface area contributed by atoms with Crippen LogP contribution in [0.15, 0.2) is 89.6 Å². The number of carbonyl (C=O) groups excluding carboxylic acids is 1. The zero-order chi connectivity index (χ0) is 24.4. The van der Waals surface area contributed by atoms with Gasteiger partial charge in [-0.3, -0.25) is 4.79 Å². The number of aromatic nitrogens is 1. The molecule has 0 bridgehead atoms. The third-order valence-electron chi connectivity index (χ3n) is 5.97. The van der Waals surface area contributed by atoms with E-state index in [2.05, 4.69) is 40.6 Å². The lowest BCUT2D eigenvalue weighted by atomic mass is 9.96. The molecule has 0 radical (unpaired) electrons. The van der Waals surface area contributed by atoms with Gasteiger partial charge in [0.1, 0.15) is 17.2 Å². The number of fused-ring (bicyclic) bond motifs is 2. The molecule has 0 fully saturated rings. The van der Waals surface area contributed by atoms with Gasteiger partial charge >= 0.3 is 0 Å². The van der Waals surface area contributed by atoms with Crippen molar-refractivity contribution in [2.45, 2.75) is 20.8 Å². The molecule has 0 spiro atoms. The van der Waals surface area contributed by atoms with Crippen molar-refractivity contribution in [1.82, 2.24) is 4.98 Å². The number of allylic oxidation sites excluding steroid dienone is 1. The summed E-state index contributed by atoms with van der Waals surface area (Å²) in [5, 5.41) is 6.13. The van der Waals surface area contributed by atoms with Crippen molar-refractivity contribution < 1.29 is 13.9 Å². The number of amides is 1. The lowest BCUT2D eigenvalue weighted by Crippen LogP contribution is -2.10. The lowest BCUT2D eigenvalue weighted by molar-refractivity contribution is -0.111. The number of anilines is 1. The normalized spacial score (nSPS) is 11.7. The van der Waals surface area contributed by atoms with Crippen molar-refractivity contribution in [1.29, 1.82) is 0 Å². The number of rotatable bonds is 6. The number of nitrogens with zero attached hydrogens (tertiary/aromatic N) is 1. The van der Waals surface area contributed by atoms with Crippen molar-refractivity contribution in [2.24, 2.45) is 0 Å². The average molecular weight is 463 g/mol. The molecule has 0 aliphatic carbocycles. The molecule has 5 nitrogen and oxygen atoms in total. The highest BCUT2D eigenvalue weighted by molar-refractivity contribution is 6.07. The number of nitrogens with one attached hydrogen (secondary N) is 1. The number of pyridine rings is 1. The highest BCUT2D eigenvalue weighted by atomic mass is 16.5. The Kier molecular flexibility index (Phi) is 6.06. The van der Waals surface area contributed by atoms with Crippen LogP contribution in [0.5, 0.6) is 5.75 Å². The molecule has 1 N–H and O–H groups in total. The Morgan fingerprint density at radius 1 is 1.00 bits per heavy atom. The average Bonchev–Trinajstić information content (AvgIpc) is 3.26. The number of aryl methyl sites for hydroxylation is 1. The second kappa shape index (κ2) is 9.47. The molecule has 0 saturated heterocycles. The molecule has 174 valence electrons. The molecule has 0 aliphatic rings. The molecule has 0 saturated carbocycles. The van der Waals surface area contributed by atoms with E-state index in [0.29, 0.717) is 18.2 Å². The van der Waals surface area contributed by atoms with Gasteiger partial charge in [0.2, 0.25) is 5.91 Å². The molecule has 35 heavy (non-hydrogen) atoms. The number of furan rings is 1. The lowest BCUT2D eigenvalue weighted by Gasteiger charge is -2.12. The Hall–Kier alpha value is -4.38. The van der Waals surface area contributed by atoms with E-state index in [0.717, 1.165) is 44.3 Å². The summed E-state index contributed by atoms with van der Waals surface area (Å²) < 4.78 is 11.9. The molecule has 5 heteroatoms. The van der Waals surface area contributed by atoms with Crippen LogP contribution in [0.4, 0.5) is 5.82 Å². The first-order valence-corrected chi connectivity index (χ1v) is 11.6. The number of hydrogen-bond donors (Lipinski definition) is 1. The molecule has 2 heterocycles. The standard InChI is InChI=1S/C30H26N2O3/c1-4-34-27-17-28-25(26(18-35-28)23-13-8-11-21-10-5-6-12-22(21)23)16-24(27)19(2)15-30(33)32-29-14-7-9-20(3)31-29/h5-18H,4H2,1-3H3,(H,31,32,33)/b19-15+. The van der Waals surface area contributed by atoms with Crippen molar-refractivity contribution in [3.63, 3.8) is 0 Å². The Morgan fingerprint density at radius 2 is 1.80 bits per heavy atom. The van der Waals surface area contributed by atoms with Crippen LogP contribution in [0.25, 0.3) is 38.4 Å². The summed E-state index contributed by atoms with van der Waals surface area (Å²) in [6.45, 7) is 6.23. The van der Waals surface area contributed by atoms with Gasteiger partial charge in [0.15, 0.2) is 0 Å². The van der Waals surface area contributed by atoms with Crippen molar-refractivity contribution >= 4 is 39.0 Å². The van der Waals surface area contributed by atoms with Crippen molar-refractivity contribution in [3.8, 4) is 16.9 Å². The van der Waals surface area contributed by atoms with E-state index in [1.165, 1.54) is 5.39 Å². The summed E-state index contributed by atoms with van der Waals surface area (Å²) in [5.74, 6) is 0.950. The fourth-order valence-corrected chi connectivity index (χ4v) is 4.36. The molecular formula is C30H26N2O3. The summed E-state index contributed by atoms with van der Waals surface area (Å²) in [6.07, 6.45) is 3.37. The molecular weight excluding hydrogens is 436 g/mol. The van der Waals surface area contributed by atoms with Gasteiger partial charge in [-0.25, -0.2) is 4.98 Å². The third-order valence-corrected chi connectivity index (χ3v) is 5.97. The van der Waals surface area contributed by atoms with E-state index in [1.54, 1.807) is 18.4 Å². The van der Waals surface area contributed by atoms with Gasteiger partial charge in [-0.15, -0.1) is 0 Å². The van der Waals surface area contributed by atoms with Crippen LogP contribution >= 0.6 is 0 Å². The first kappa shape index (κ1) is 22.4. The summed E-state index contributed by atoms with van der Waals surface area (Å²) in [5.41, 5.74) is 5.30. The second-order valence-corrected chi connectivity index (χ2v) is 8.43. The zero-order valence-corrected chi connectivity index (χ0v) is 20.0.